The van der Waals surface area contributed by atoms with E-state index >= 15 is 0 Å². The van der Waals surface area contributed by atoms with Crippen molar-refractivity contribution < 1.29 is 9.53 Å². The summed E-state index contributed by atoms with van der Waals surface area (Å²) in [6.07, 6.45) is 1.83. The first kappa shape index (κ1) is 9.64. The molecule has 1 aliphatic carbocycles. The molecule has 2 saturated heterocycles. The third-order valence-corrected chi connectivity index (χ3v) is 5.26. The van der Waals surface area contributed by atoms with Gasteiger partial charge in [0.25, 0.3) is 0 Å². The molecule has 3 nitrogen and oxygen atoms in total. The van der Waals surface area contributed by atoms with E-state index in [9.17, 15) is 4.79 Å². The molecule has 3 aliphatic rings. The maximum atomic E-state index is 11.2. The molecular formula is C12H19NO2. The van der Waals surface area contributed by atoms with E-state index in [1.165, 1.54) is 0 Å². The van der Waals surface area contributed by atoms with Crippen molar-refractivity contribution in [2.45, 2.75) is 44.8 Å². The molecule has 2 heterocycles. The molecule has 84 valence electrons. The first-order valence-electron chi connectivity index (χ1n) is 5.95. The number of carbonyl (C=O) groups excluding carboxylic acids is 1. The Kier molecular flexibility index (Phi) is 1.65. The summed E-state index contributed by atoms with van der Waals surface area (Å²) in [5.41, 5.74) is 0.234. The maximum absolute atomic E-state index is 11.2. The van der Waals surface area contributed by atoms with Crippen LogP contribution >= 0.6 is 0 Å². The molecule has 1 saturated carbocycles. The highest BCUT2D eigenvalue weighted by molar-refractivity contribution is 5.85. The van der Waals surface area contributed by atoms with Gasteiger partial charge in [-0.1, -0.05) is 20.8 Å². The van der Waals surface area contributed by atoms with Crippen LogP contribution in [0.3, 0.4) is 0 Å². The molecule has 1 N–H and O–H groups in total. The van der Waals surface area contributed by atoms with Crippen LogP contribution in [0.1, 0.15) is 33.6 Å². The zero-order valence-corrected chi connectivity index (χ0v) is 9.67. The molecule has 5 unspecified atom stereocenters. The predicted molar refractivity (Wildman–Crippen MR) is 56.3 cm³/mol. The Bertz CT molecular complexity index is 314. The predicted octanol–water partition coefficient (Wildman–Crippen LogP) is 1.33. The molecular weight excluding hydrogens is 190 g/mol. The zero-order valence-electron chi connectivity index (χ0n) is 9.67. The number of epoxide rings is 1. The fourth-order valence-electron chi connectivity index (χ4n) is 3.79. The molecule has 1 amide bonds. The molecule has 3 rings (SSSR count). The number of β-lactam (4-membered cyclic amide) rings is 1. The fourth-order valence-corrected chi connectivity index (χ4v) is 3.79. The highest BCUT2D eigenvalue weighted by Gasteiger charge is 2.65. The van der Waals surface area contributed by atoms with Gasteiger partial charge in [0.15, 0.2) is 0 Å². The summed E-state index contributed by atoms with van der Waals surface area (Å²) in [5, 5.41) is 3.16. The Morgan fingerprint density at radius 1 is 1.33 bits per heavy atom. The summed E-state index contributed by atoms with van der Waals surface area (Å²) >= 11 is 0. The molecule has 2 spiro atoms. The molecule has 0 aromatic carbocycles. The van der Waals surface area contributed by atoms with Crippen LogP contribution in [0.25, 0.3) is 0 Å². The Hall–Kier alpha value is -0.570. The van der Waals surface area contributed by atoms with E-state index in [4.69, 9.17) is 4.74 Å². The normalized spacial score (nSPS) is 57.8. The number of nitrogens with one attached hydrogen (secondary N) is 1. The molecule has 0 aromatic rings. The van der Waals surface area contributed by atoms with E-state index in [-0.39, 0.29) is 17.0 Å². The lowest BCUT2D eigenvalue weighted by atomic mass is 9.55. The minimum absolute atomic E-state index is 0.0771. The van der Waals surface area contributed by atoms with Crippen molar-refractivity contribution in [3.63, 3.8) is 0 Å². The number of ether oxygens (including phenoxy) is 1. The average molecular weight is 209 g/mol. The van der Waals surface area contributed by atoms with Gasteiger partial charge in [-0.15, -0.1) is 0 Å². The largest absolute Gasteiger partial charge is 0.369 e. The SMILES string of the molecule is CC1C(C)C2(CC(=O)N2)C(C)CC12CO2. The lowest BCUT2D eigenvalue weighted by Gasteiger charge is -2.57. The maximum Gasteiger partial charge on any atom is 0.222 e. The van der Waals surface area contributed by atoms with Crippen LogP contribution in [0.15, 0.2) is 0 Å². The van der Waals surface area contributed by atoms with E-state index in [0.29, 0.717) is 17.8 Å². The highest BCUT2D eigenvalue weighted by atomic mass is 16.6. The summed E-state index contributed by atoms with van der Waals surface area (Å²) < 4.78 is 5.67. The Morgan fingerprint density at radius 2 is 1.93 bits per heavy atom. The van der Waals surface area contributed by atoms with E-state index < -0.39 is 0 Å². The van der Waals surface area contributed by atoms with Gasteiger partial charge >= 0.3 is 0 Å². The third-order valence-electron chi connectivity index (χ3n) is 5.26. The van der Waals surface area contributed by atoms with Crippen molar-refractivity contribution in [1.82, 2.24) is 5.32 Å². The Balaban J connectivity index is 1.88. The third kappa shape index (κ3) is 1.02. The van der Waals surface area contributed by atoms with Crippen LogP contribution < -0.4 is 5.32 Å². The number of hydrogen-bond donors (Lipinski definition) is 1. The highest BCUT2D eigenvalue weighted by Crippen LogP contribution is 2.56. The second kappa shape index (κ2) is 2.57. The summed E-state index contributed by atoms with van der Waals surface area (Å²) in [6, 6.07) is 0. The van der Waals surface area contributed by atoms with Crippen LogP contribution in [0.2, 0.25) is 0 Å². The Labute approximate surface area is 90.6 Å². The van der Waals surface area contributed by atoms with E-state index in [2.05, 4.69) is 26.1 Å². The number of carbonyl (C=O) groups is 1. The van der Waals surface area contributed by atoms with Crippen molar-refractivity contribution in [2.24, 2.45) is 17.8 Å². The molecule has 5 atom stereocenters. The lowest BCUT2D eigenvalue weighted by Crippen LogP contribution is -2.72. The molecule has 3 heteroatoms. The monoisotopic (exact) mass is 209 g/mol. The first-order valence-corrected chi connectivity index (χ1v) is 5.95. The van der Waals surface area contributed by atoms with Crippen LogP contribution in [0.5, 0.6) is 0 Å². The molecule has 0 aromatic heterocycles. The molecule has 0 bridgehead atoms. The topological polar surface area (TPSA) is 41.6 Å². The van der Waals surface area contributed by atoms with E-state index in [1.54, 1.807) is 0 Å². The van der Waals surface area contributed by atoms with Crippen LogP contribution in [0.4, 0.5) is 0 Å². The summed E-state index contributed by atoms with van der Waals surface area (Å²) in [5.74, 6) is 1.85. The number of rotatable bonds is 0. The molecule has 2 aliphatic heterocycles. The van der Waals surface area contributed by atoms with E-state index in [1.807, 2.05) is 0 Å². The van der Waals surface area contributed by atoms with Crippen molar-refractivity contribution in [2.75, 3.05) is 6.61 Å². The molecule has 3 fully saturated rings. The van der Waals surface area contributed by atoms with Gasteiger partial charge in [-0.3, -0.25) is 4.79 Å². The lowest BCUT2D eigenvalue weighted by molar-refractivity contribution is -0.144. The van der Waals surface area contributed by atoms with Crippen molar-refractivity contribution in [3.05, 3.63) is 0 Å². The number of amides is 1. The second-order valence-corrected chi connectivity index (χ2v) is 5.80. The average Bonchev–Trinajstić information content (AvgIpc) is 2.89. The van der Waals surface area contributed by atoms with E-state index in [0.717, 1.165) is 19.4 Å². The van der Waals surface area contributed by atoms with Crippen molar-refractivity contribution in [1.29, 1.82) is 0 Å². The summed E-state index contributed by atoms with van der Waals surface area (Å²) in [7, 11) is 0. The van der Waals surface area contributed by atoms with Gasteiger partial charge in [0.05, 0.1) is 24.2 Å². The van der Waals surface area contributed by atoms with Gasteiger partial charge in [0.2, 0.25) is 5.91 Å². The minimum Gasteiger partial charge on any atom is -0.369 e. The summed E-state index contributed by atoms with van der Waals surface area (Å²) in [4.78, 5) is 11.2. The minimum atomic E-state index is 0.0771. The zero-order chi connectivity index (χ0) is 10.8. The van der Waals surface area contributed by atoms with Crippen LogP contribution in [0, 0.1) is 17.8 Å². The molecule has 15 heavy (non-hydrogen) atoms. The van der Waals surface area contributed by atoms with Crippen LogP contribution in [-0.4, -0.2) is 23.7 Å². The Morgan fingerprint density at radius 3 is 2.40 bits per heavy atom. The van der Waals surface area contributed by atoms with Gasteiger partial charge in [0, 0.05) is 0 Å². The standard InChI is InChI=1S/C12H19NO2/c1-7-4-11(6-15-11)8(2)9(3)12(7)5-10(14)13-12/h7-9H,4-6H2,1-3H3,(H,13,14). The smallest absolute Gasteiger partial charge is 0.222 e. The van der Waals surface area contributed by atoms with Crippen molar-refractivity contribution in [3.8, 4) is 0 Å². The fraction of sp³-hybridized carbons (Fsp3) is 0.917. The molecule has 0 radical (unpaired) electrons. The quantitative estimate of drug-likeness (QED) is 0.483. The van der Waals surface area contributed by atoms with Gasteiger partial charge < -0.3 is 10.1 Å². The van der Waals surface area contributed by atoms with Gasteiger partial charge in [0.1, 0.15) is 0 Å². The van der Waals surface area contributed by atoms with Crippen LogP contribution in [-0.2, 0) is 9.53 Å². The number of hydrogen-bond acceptors (Lipinski definition) is 2. The van der Waals surface area contributed by atoms with Crippen molar-refractivity contribution >= 4 is 5.91 Å². The van der Waals surface area contributed by atoms with Gasteiger partial charge in [-0.25, -0.2) is 0 Å². The first-order chi connectivity index (χ1) is 7.00. The summed E-state index contributed by atoms with van der Waals surface area (Å²) in [6.45, 7) is 7.72. The second-order valence-electron chi connectivity index (χ2n) is 5.80. The van der Waals surface area contributed by atoms with Gasteiger partial charge in [-0.05, 0) is 24.2 Å². The van der Waals surface area contributed by atoms with Gasteiger partial charge in [-0.2, -0.15) is 0 Å².